The van der Waals surface area contributed by atoms with E-state index >= 15 is 0 Å². The van der Waals surface area contributed by atoms with Gasteiger partial charge in [0, 0.05) is 0 Å². The molecule has 0 saturated heterocycles. The standard InChI is InChI=1S/C13H10O4/c1-8-2-4-10-11(6-8)17-7-9(13(10)16)3-5-12(14)15/h2-7H,1H3,(H,14,15)/p-1. The van der Waals surface area contributed by atoms with E-state index in [0.717, 1.165) is 11.6 Å². The summed E-state index contributed by atoms with van der Waals surface area (Å²) in [6.45, 7) is 1.89. The minimum absolute atomic E-state index is 0.186. The molecule has 17 heavy (non-hydrogen) atoms. The Morgan fingerprint density at radius 2 is 2.18 bits per heavy atom. The van der Waals surface area contributed by atoms with Crippen molar-refractivity contribution in [1.82, 2.24) is 0 Å². The van der Waals surface area contributed by atoms with Crippen molar-refractivity contribution in [3.8, 4) is 0 Å². The predicted octanol–water partition coefficient (Wildman–Crippen LogP) is 0.865. The van der Waals surface area contributed by atoms with Crippen LogP contribution in [0.15, 0.2) is 39.7 Å². The van der Waals surface area contributed by atoms with Gasteiger partial charge < -0.3 is 14.3 Å². The summed E-state index contributed by atoms with van der Waals surface area (Å²) in [5.74, 6) is -1.35. The number of rotatable bonds is 2. The normalized spacial score (nSPS) is 11.1. The molecule has 2 rings (SSSR count). The molecule has 4 heteroatoms. The fourth-order valence-corrected chi connectivity index (χ4v) is 1.52. The lowest BCUT2D eigenvalue weighted by Gasteiger charge is -1.99. The SMILES string of the molecule is Cc1ccc2c(=O)c(C=CC(=O)[O-])coc2c1. The van der Waals surface area contributed by atoms with Gasteiger partial charge in [0.25, 0.3) is 0 Å². The first-order valence-corrected chi connectivity index (χ1v) is 4.99. The van der Waals surface area contributed by atoms with E-state index in [1.165, 1.54) is 12.3 Å². The number of fused-ring (bicyclic) bond motifs is 1. The Morgan fingerprint density at radius 3 is 2.88 bits per heavy atom. The highest BCUT2D eigenvalue weighted by atomic mass is 16.4. The maximum atomic E-state index is 11.9. The summed E-state index contributed by atoms with van der Waals surface area (Å²) in [6.07, 6.45) is 3.20. The van der Waals surface area contributed by atoms with E-state index < -0.39 is 5.97 Å². The Morgan fingerprint density at radius 1 is 1.41 bits per heavy atom. The van der Waals surface area contributed by atoms with Gasteiger partial charge in [-0.05, 0) is 36.8 Å². The summed E-state index contributed by atoms with van der Waals surface area (Å²) < 4.78 is 5.27. The molecule has 0 amide bonds. The first kappa shape index (κ1) is 11.1. The third kappa shape index (κ3) is 2.25. The minimum atomic E-state index is -1.35. The molecular formula is C13H9O4-. The topological polar surface area (TPSA) is 70.3 Å². The molecule has 1 aromatic heterocycles. The van der Waals surface area contributed by atoms with Crippen LogP contribution < -0.4 is 10.5 Å². The molecule has 0 aliphatic carbocycles. The molecule has 1 heterocycles. The second kappa shape index (κ2) is 4.25. The first-order valence-electron chi connectivity index (χ1n) is 4.99. The lowest BCUT2D eigenvalue weighted by molar-refractivity contribution is -0.297. The van der Waals surface area contributed by atoms with Crippen molar-refractivity contribution in [2.24, 2.45) is 0 Å². The predicted molar refractivity (Wildman–Crippen MR) is 61.3 cm³/mol. The zero-order valence-electron chi connectivity index (χ0n) is 9.10. The Hall–Kier alpha value is -2.36. The highest BCUT2D eigenvalue weighted by Crippen LogP contribution is 2.13. The highest BCUT2D eigenvalue weighted by molar-refractivity contribution is 5.85. The van der Waals surface area contributed by atoms with Crippen molar-refractivity contribution >= 4 is 23.0 Å². The molecule has 4 nitrogen and oxygen atoms in total. The molecule has 0 aliphatic heterocycles. The molecule has 0 spiro atoms. The number of carbonyl (C=O) groups is 1. The average molecular weight is 229 g/mol. The van der Waals surface area contributed by atoms with E-state index in [-0.39, 0.29) is 11.0 Å². The van der Waals surface area contributed by atoms with E-state index in [1.54, 1.807) is 18.2 Å². The lowest BCUT2D eigenvalue weighted by atomic mass is 10.1. The van der Waals surface area contributed by atoms with Gasteiger partial charge in [-0.1, -0.05) is 6.07 Å². The van der Waals surface area contributed by atoms with Crippen LogP contribution in [0.3, 0.4) is 0 Å². The molecule has 0 atom stereocenters. The Labute approximate surface area is 96.8 Å². The van der Waals surface area contributed by atoms with Crippen LogP contribution in [0.1, 0.15) is 11.1 Å². The fourth-order valence-electron chi connectivity index (χ4n) is 1.52. The van der Waals surface area contributed by atoms with Gasteiger partial charge in [-0.15, -0.1) is 0 Å². The highest BCUT2D eigenvalue weighted by Gasteiger charge is 2.04. The van der Waals surface area contributed by atoms with Crippen molar-refractivity contribution in [3.05, 3.63) is 51.9 Å². The molecular weight excluding hydrogens is 220 g/mol. The van der Waals surface area contributed by atoms with Crippen LogP contribution in [0.5, 0.6) is 0 Å². The van der Waals surface area contributed by atoms with E-state index in [1.807, 2.05) is 6.92 Å². The van der Waals surface area contributed by atoms with Crippen LogP contribution in [0.2, 0.25) is 0 Å². The number of carboxylic acids is 1. The van der Waals surface area contributed by atoms with Crippen LogP contribution in [-0.2, 0) is 4.79 Å². The van der Waals surface area contributed by atoms with Crippen LogP contribution in [-0.4, -0.2) is 5.97 Å². The first-order chi connectivity index (χ1) is 8.08. The van der Waals surface area contributed by atoms with Gasteiger partial charge in [-0.3, -0.25) is 4.79 Å². The third-order valence-corrected chi connectivity index (χ3v) is 2.36. The van der Waals surface area contributed by atoms with E-state index in [2.05, 4.69) is 0 Å². The third-order valence-electron chi connectivity index (χ3n) is 2.36. The van der Waals surface area contributed by atoms with Gasteiger partial charge in [0.15, 0.2) is 5.43 Å². The van der Waals surface area contributed by atoms with Crippen LogP contribution in [0.4, 0.5) is 0 Å². The van der Waals surface area contributed by atoms with Crippen molar-refractivity contribution in [3.63, 3.8) is 0 Å². The molecule has 0 fully saturated rings. The lowest BCUT2D eigenvalue weighted by Crippen LogP contribution is -2.18. The van der Waals surface area contributed by atoms with Gasteiger partial charge in [0.2, 0.25) is 0 Å². The molecule has 0 N–H and O–H groups in total. The molecule has 0 radical (unpaired) electrons. The molecule has 2 aromatic rings. The van der Waals surface area contributed by atoms with Gasteiger partial charge in [-0.25, -0.2) is 0 Å². The second-order valence-corrected chi connectivity index (χ2v) is 3.67. The van der Waals surface area contributed by atoms with Crippen molar-refractivity contribution in [2.75, 3.05) is 0 Å². The van der Waals surface area contributed by atoms with Crippen molar-refractivity contribution in [2.45, 2.75) is 6.92 Å². The summed E-state index contributed by atoms with van der Waals surface area (Å²) in [4.78, 5) is 22.2. The largest absolute Gasteiger partial charge is 0.545 e. The molecule has 0 unspecified atom stereocenters. The van der Waals surface area contributed by atoms with Gasteiger partial charge >= 0.3 is 0 Å². The Kier molecular flexibility index (Phi) is 2.78. The number of aliphatic carboxylic acids is 1. The number of carboxylic acid groups (broad SMARTS) is 1. The molecule has 0 saturated carbocycles. The van der Waals surface area contributed by atoms with E-state index in [9.17, 15) is 14.7 Å². The Balaban J connectivity index is 2.62. The van der Waals surface area contributed by atoms with Crippen LogP contribution in [0.25, 0.3) is 17.0 Å². The monoisotopic (exact) mass is 229 g/mol. The number of hydrogen-bond acceptors (Lipinski definition) is 4. The number of aryl methyl sites for hydroxylation is 1. The summed E-state index contributed by atoms with van der Waals surface area (Å²) in [6, 6.07) is 5.21. The number of carbonyl (C=O) groups excluding carboxylic acids is 1. The van der Waals surface area contributed by atoms with Gasteiger partial charge in [0.1, 0.15) is 11.8 Å². The fraction of sp³-hybridized carbons (Fsp3) is 0.0769. The summed E-state index contributed by atoms with van der Waals surface area (Å²) in [7, 11) is 0. The summed E-state index contributed by atoms with van der Waals surface area (Å²) >= 11 is 0. The molecule has 86 valence electrons. The second-order valence-electron chi connectivity index (χ2n) is 3.67. The van der Waals surface area contributed by atoms with Gasteiger partial charge in [0.05, 0.1) is 16.9 Å². The van der Waals surface area contributed by atoms with Crippen LogP contribution in [0, 0.1) is 6.92 Å². The maximum Gasteiger partial charge on any atom is 0.199 e. The molecule has 0 bridgehead atoms. The Bertz CT molecular complexity index is 665. The molecule has 1 aromatic carbocycles. The zero-order valence-corrected chi connectivity index (χ0v) is 9.10. The van der Waals surface area contributed by atoms with Gasteiger partial charge in [-0.2, -0.15) is 0 Å². The number of hydrogen-bond donors (Lipinski definition) is 0. The summed E-state index contributed by atoms with van der Waals surface area (Å²) in [5, 5.41) is 10.7. The quantitative estimate of drug-likeness (QED) is 0.716. The maximum absolute atomic E-state index is 11.9. The summed E-state index contributed by atoms with van der Waals surface area (Å²) in [5.41, 5.74) is 1.40. The van der Waals surface area contributed by atoms with E-state index in [0.29, 0.717) is 11.0 Å². The van der Waals surface area contributed by atoms with E-state index in [4.69, 9.17) is 4.42 Å². The molecule has 0 aliphatic rings. The van der Waals surface area contributed by atoms with Crippen molar-refractivity contribution < 1.29 is 14.3 Å². The average Bonchev–Trinajstić information content (AvgIpc) is 2.27. The smallest absolute Gasteiger partial charge is 0.199 e. The van der Waals surface area contributed by atoms with Crippen molar-refractivity contribution in [1.29, 1.82) is 0 Å². The minimum Gasteiger partial charge on any atom is -0.545 e. The van der Waals surface area contributed by atoms with Crippen LogP contribution >= 0.6 is 0 Å². The number of benzene rings is 1. The zero-order chi connectivity index (χ0) is 12.4.